The molecule has 4 nitrogen and oxygen atoms in total. The largest absolute Gasteiger partial charge is 0.245 e. The van der Waals surface area contributed by atoms with Crippen molar-refractivity contribution in [3.05, 3.63) is 36.9 Å². The Labute approximate surface area is 89.5 Å². The van der Waals surface area contributed by atoms with E-state index >= 15 is 0 Å². The van der Waals surface area contributed by atoms with Crippen LogP contribution in [0.5, 0.6) is 0 Å². The molecule has 2 rings (SSSR count). The number of nitrogens with zero attached hydrogens (tertiary/aromatic N) is 4. The Kier molecular flexibility index (Phi) is 2.58. The average molecular weight is 204 g/mol. The van der Waals surface area contributed by atoms with E-state index in [-0.39, 0.29) is 5.66 Å². The van der Waals surface area contributed by atoms with E-state index in [9.17, 15) is 0 Å². The van der Waals surface area contributed by atoms with Gasteiger partial charge in [-0.15, -0.1) is 0 Å². The molecule has 0 saturated heterocycles. The van der Waals surface area contributed by atoms with Crippen LogP contribution in [0.1, 0.15) is 26.7 Å². The summed E-state index contributed by atoms with van der Waals surface area (Å²) in [6, 6.07) is 3.90. The summed E-state index contributed by atoms with van der Waals surface area (Å²) >= 11 is 0. The summed E-state index contributed by atoms with van der Waals surface area (Å²) in [5.41, 5.74) is -0.160. The second-order valence-corrected chi connectivity index (χ2v) is 3.59. The van der Waals surface area contributed by atoms with Crippen LogP contribution in [-0.4, -0.2) is 19.6 Å². The quantitative estimate of drug-likeness (QED) is 0.764. The van der Waals surface area contributed by atoms with E-state index in [1.54, 1.807) is 0 Å². The maximum atomic E-state index is 4.34. The van der Waals surface area contributed by atoms with Gasteiger partial charge in [-0.1, -0.05) is 13.8 Å². The normalized spacial score (nSPS) is 11.9. The van der Waals surface area contributed by atoms with Crippen molar-refractivity contribution >= 4 is 0 Å². The Morgan fingerprint density at radius 2 is 1.40 bits per heavy atom. The molecule has 0 radical (unpaired) electrons. The van der Waals surface area contributed by atoms with Gasteiger partial charge in [-0.2, -0.15) is 10.2 Å². The number of hydrogen-bond acceptors (Lipinski definition) is 2. The minimum Gasteiger partial charge on any atom is -0.245 e. The molecule has 0 aliphatic heterocycles. The first-order chi connectivity index (χ1) is 7.33. The van der Waals surface area contributed by atoms with Crippen molar-refractivity contribution in [2.24, 2.45) is 0 Å². The maximum Gasteiger partial charge on any atom is 0.153 e. The first-order valence-electron chi connectivity index (χ1n) is 5.33. The molecular weight excluding hydrogens is 188 g/mol. The van der Waals surface area contributed by atoms with Crippen molar-refractivity contribution in [1.29, 1.82) is 0 Å². The topological polar surface area (TPSA) is 35.6 Å². The van der Waals surface area contributed by atoms with Crippen molar-refractivity contribution in [3.63, 3.8) is 0 Å². The van der Waals surface area contributed by atoms with Gasteiger partial charge in [-0.05, 0) is 25.0 Å². The Hall–Kier alpha value is -1.58. The first-order valence-corrected chi connectivity index (χ1v) is 5.33. The third kappa shape index (κ3) is 1.46. The SMILES string of the molecule is CCC(CC)(n1cccn1)n1cccn1. The van der Waals surface area contributed by atoms with Gasteiger partial charge in [-0.25, -0.2) is 9.36 Å². The molecule has 2 aromatic heterocycles. The third-order valence-electron chi connectivity index (χ3n) is 2.99. The molecule has 0 amide bonds. The van der Waals surface area contributed by atoms with Gasteiger partial charge >= 0.3 is 0 Å². The zero-order chi connectivity index (χ0) is 10.7. The van der Waals surface area contributed by atoms with Crippen molar-refractivity contribution < 1.29 is 0 Å². The van der Waals surface area contributed by atoms with Crippen LogP contribution in [0.3, 0.4) is 0 Å². The Morgan fingerprint density at radius 1 is 0.933 bits per heavy atom. The lowest BCUT2D eigenvalue weighted by Crippen LogP contribution is -2.40. The highest BCUT2D eigenvalue weighted by molar-refractivity contribution is 4.93. The molecule has 0 saturated carbocycles. The molecule has 0 aromatic carbocycles. The minimum absolute atomic E-state index is 0.160. The number of aromatic nitrogens is 4. The lowest BCUT2D eigenvalue weighted by atomic mass is 10.0. The molecule has 0 N–H and O–H groups in total. The highest BCUT2D eigenvalue weighted by atomic mass is 15.5. The van der Waals surface area contributed by atoms with Gasteiger partial charge < -0.3 is 0 Å². The average Bonchev–Trinajstić information content (AvgIpc) is 2.92. The summed E-state index contributed by atoms with van der Waals surface area (Å²) in [6.45, 7) is 4.32. The predicted octanol–water partition coefficient (Wildman–Crippen LogP) is 2.10. The molecule has 0 bridgehead atoms. The van der Waals surface area contributed by atoms with Crippen LogP contribution in [0.25, 0.3) is 0 Å². The van der Waals surface area contributed by atoms with E-state index in [4.69, 9.17) is 0 Å². The zero-order valence-corrected chi connectivity index (χ0v) is 9.17. The minimum atomic E-state index is -0.160. The van der Waals surface area contributed by atoms with Crippen molar-refractivity contribution in [2.75, 3.05) is 0 Å². The van der Waals surface area contributed by atoms with Crippen LogP contribution in [0, 0.1) is 0 Å². The van der Waals surface area contributed by atoms with E-state index in [2.05, 4.69) is 24.0 Å². The van der Waals surface area contributed by atoms with Crippen LogP contribution in [-0.2, 0) is 5.66 Å². The Balaban J connectivity index is 2.50. The fourth-order valence-electron chi connectivity index (χ4n) is 2.03. The molecule has 0 atom stereocenters. The van der Waals surface area contributed by atoms with Crippen molar-refractivity contribution in [1.82, 2.24) is 19.6 Å². The third-order valence-corrected chi connectivity index (χ3v) is 2.99. The molecule has 0 aliphatic rings. The van der Waals surface area contributed by atoms with Gasteiger partial charge in [0.2, 0.25) is 0 Å². The van der Waals surface area contributed by atoms with Crippen molar-refractivity contribution in [2.45, 2.75) is 32.4 Å². The van der Waals surface area contributed by atoms with E-state index < -0.39 is 0 Å². The standard InChI is InChI=1S/C11H16N4/c1-3-11(4-2,14-9-5-7-12-14)15-10-6-8-13-15/h5-10H,3-4H2,1-2H3. The molecule has 4 heteroatoms. The molecule has 15 heavy (non-hydrogen) atoms. The van der Waals surface area contributed by atoms with Crippen LogP contribution < -0.4 is 0 Å². The molecule has 80 valence electrons. The molecule has 2 aromatic rings. The molecule has 0 unspecified atom stereocenters. The van der Waals surface area contributed by atoms with Crippen molar-refractivity contribution in [3.8, 4) is 0 Å². The smallest absolute Gasteiger partial charge is 0.153 e. The molecule has 0 spiro atoms. The summed E-state index contributed by atoms with van der Waals surface area (Å²) in [7, 11) is 0. The highest BCUT2D eigenvalue weighted by Crippen LogP contribution is 2.25. The molecule has 0 aliphatic carbocycles. The van der Waals surface area contributed by atoms with Gasteiger partial charge in [0.05, 0.1) is 0 Å². The maximum absolute atomic E-state index is 4.34. The Morgan fingerprint density at radius 3 is 1.67 bits per heavy atom. The van der Waals surface area contributed by atoms with Gasteiger partial charge in [0.15, 0.2) is 5.66 Å². The molecule has 2 heterocycles. The van der Waals surface area contributed by atoms with Gasteiger partial charge in [0, 0.05) is 24.8 Å². The number of rotatable bonds is 4. The molecule has 0 fully saturated rings. The summed E-state index contributed by atoms with van der Waals surface area (Å²) in [5, 5.41) is 8.68. The van der Waals surface area contributed by atoms with Crippen LogP contribution in [0.4, 0.5) is 0 Å². The first kappa shape index (κ1) is 9.96. The second kappa shape index (κ2) is 3.88. The summed E-state index contributed by atoms with van der Waals surface area (Å²) < 4.78 is 3.97. The lowest BCUT2D eigenvalue weighted by molar-refractivity contribution is 0.164. The Bertz CT molecular complexity index is 348. The number of hydrogen-bond donors (Lipinski definition) is 0. The second-order valence-electron chi connectivity index (χ2n) is 3.59. The highest BCUT2D eigenvalue weighted by Gasteiger charge is 2.30. The monoisotopic (exact) mass is 204 g/mol. The van der Waals surface area contributed by atoms with Gasteiger partial charge in [-0.3, -0.25) is 0 Å². The van der Waals surface area contributed by atoms with Crippen LogP contribution >= 0.6 is 0 Å². The predicted molar refractivity (Wildman–Crippen MR) is 58.4 cm³/mol. The van der Waals surface area contributed by atoms with E-state index in [0.717, 1.165) is 12.8 Å². The lowest BCUT2D eigenvalue weighted by Gasteiger charge is -2.32. The summed E-state index contributed by atoms with van der Waals surface area (Å²) in [4.78, 5) is 0. The fourth-order valence-corrected chi connectivity index (χ4v) is 2.03. The van der Waals surface area contributed by atoms with Crippen LogP contribution in [0.2, 0.25) is 0 Å². The van der Waals surface area contributed by atoms with Gasteiger partial charge in [0.1, 0.15) is 0 Å². The van der Waals surface area contributed by atoms with Crippen LogP contribution in [0.15, 0.2) is 36.9 Å². The summed E-state index contributed by atoms with van der Waals surface area (Å²) in [5.74, 6) is 0. The van der Waals surface area contributed by atoms with Gasteiger partial charge in [0.25, 0.3) is 0 Å². The van der Waals surface area contributed by atoms with E-state index in [1.165, 1.54) is 0 Å². The summed E-state index contributed by atoms with van der Waals surface area (Å²) in [6.07, 6.45) is 9.54. The van der Waals surface area contributed by atoms with E-state index in [1.807, 2.05) is 46.3 Å². The fraction of sp³-hybridized carbons (Fsp3) is 0.455. The molecular formula is C11H16N4. The zero-order valence-electron chi connectivity index (χ0n) is 9.17. The van der Waals surface area contributed by atoms with E-state index in [0.29, 0.717) is 0 Å².